The van der Waals surface area contributed by atoms with E-state index in [9.17, 15) is 27.1 Å². The van der Waals surface area contributed by atoms with Gasteiger partial charge in [0.2, 0.25) is 0 Å². The molecule has 0 atom stereocenters. The van der Waals surface area contributed by atoms with Gasteiger partial charge in [-0.25, -0.2) is 22.2 Å². The molecule has 0 bridgehead atoms. The summed E-state index contributed by atoms with van der Waals surface area (Å²) in [6, 6.07) is 5.26. The molecule has 41 heavy (non-hydrogen) atoms. The molecule has 2 aliphatic heterocycles. The first kappa shape index (κ1) is 28.3. The smallest absolute Gasteiger partial charge is 0.259 e. The van der Waals surface area contributed by atoms with E-state index in [1.54, 1.807) is 12.1 Å². The van der Waals surface area contributed by atoms with Crippen LogP contribution in [0.5, 0.6) is 0 Å². The summed E-state index contributed by atoms with van der Waals surface area (Å²) in [6.07, 6.45) is 5.92. The van der Waals surface area contributed by atoms with Gasteiger partial charge in [-0.3, -0.25) is 4.79 Å². The number of hydrogen-bond donors (Lipinski definition) is 2. The van der Waals surface area contributed by atoms with Crippen molar-refractivity contribution in [1.82, 2.24) is 4.98 Å². The topological polar surface area (TPSA) is 103 Å². The highest BCUT2D eigenvalue weighted by molar-refractivity contribution is 7.91. The molecule has 222 valence electrons. The van der Waals surface area contributed by atoms with Gasteiger partial charge in [-0.2, -0.15) is 0 Å². The zero-order valence-corrected chi connectivity index (χ0v) is 24.3. The van der Waals surface area contributed by atoms with Crippen LogP contribution in [0.4, 0.5) is 26.1 Å². The molecule has 11 heteroatoms. The lowest BCUT2D eigenvalue weighted by Crippen LogP contribution is -2.39. The quantitative estimate of drug-likeness (QED) is 0.491. The maximum absolute atomic E-state index is 14.1. The zero-order valence-electron chi connectivity index (χ0n) is 23.5. The van der Waals surface area contributed by atoms with Crippen molar-refractivity contribution in [2.45, 2.75) is 75.5 Å². The molecule has 0 unspecified atom stereocenters. The summed E-state index contributed by atoms with van der Waals surface area (Å²) in [4.78, 5) is 22.9. The molecule has 1 aromatic carbocycles. The molecule has 6 rings (SSSR count). The lowest BCUT2D eigenvalue weighted by molar-refractivity contribution is -0.0221. The molecular weight excluding hydrogens is 550 g/mol. The highest BCUT2D eigenvalue weighted by atomic mass is 32.2. The van der Waals surface area contributed by atoms with E-state index in [0.717, 1.165) is 43.5 Å². The van der Waals surface area contributed by atoms with Crippen molar-refractivity contribution in [2.75, 3.05) is 53.7 Å². The van der Waals surface area contributed by atoms with Crippen LogP contribution in [-0.4, -0.2) is 68.9 Å². The van der Waals surface area contributed by atoms with Gasteiger partial charge in [0.1, 0.15) is 11.6 Å². The highest BCUT2D eigenvalue weighted by Crippen LogP contribution is 2.54. The van der Waals surface area contributed by atoms with E-state index in [0.29, 0.717) is 46.7 Å². The fourth-order valence-corrected chi connectivity index (χ4v) is 8.11. The van der Waals surface area contributed by atoms with Crippen LogP contribution in [0, 0.1) is 12.3 Å². The Morgan fingerprint density at radius 3 is 2.29 bits per heavy atom. The van der Waals surface area contributed by atoms with Crippen molar-refractivity contribution in [3.05, 3.63) is 40.5 Å². The minimum atomic E-state index is -3.72. The number of aliphatic hydroxyl groups excluding tert-OH is 1. The van der Waals surface area contributed by atoms with E-state index in [-0.39, 0.29) is 42.5 Å². The highest BCUT2D eigenvalue weighted by Gasteiger charge is 2.45. The van der Waals surface area contributed by atoms with Gasteiger partial charge in [-0.15, -0.1) is 0 Å². The first-order chi connectivity index (χ1) is 19.5. The van der Waals surface area contributed by atoms with Crippen molar-refractivity contribution >= 4 is 33.1 Å². The average molecular weight is 589 g/mol. The van der Waals surface area contributed by atoms with Crippen molar-refractivity contribution in [1.29, 1.82) is 0 Å². The van der Waals surface area contributed by atoms with E-state index in [4.69, 9.17) is 0 Å². The van der Waals surface area contributed by atoms with E-state index < -0.39 is 22.4 Å². The summed E-state index contributed by atoms with van der Waals surface area (Å²) in [5.41, 5.74) is 3.81. The number of aromatic nitrogens is 1. The Morgan fingerprint density at radius 2 is 1.63 bits per heavy atom. The van der Waals surface area contributed by atoms with E-state index in [2.05, 4.69) is 15.2 Å². The van der Waals surface area contributed by atoms with Crippen LogP contribution in [0.2, 0.25) is 0 Å². The van der Waals surface area contributed by atoms with Crippen LogP contribution in [0.15, 0.2) is 23.1 Å². The molecule has 1 amide bonds. The van der Waals surface area contributed by atoms with Crippen molar-refractivity contribution in [3.63, 3.8) is 0 Å². The minimum Gasteiger partial charge on any atom is -0.395 e. The number of amides is 1. The van der Waals surface area contributed by atoms with Crippen LogP contribution in [-0.2, 0) is 22.7 Å². The third-order valence-electron chi connectivity index (χ3n) is 9.40. The summed E-state index contributed by atoms with van der Waals surface area (Å²) in [7, 11) is -3.72. The van der Waals surface area contributed by atoms with Gasteiger partial charge >= 0.3 is 0 Å². The first-order valence-corrected chi connectivity index (χ1v) is 16.3. The number of aliphatic hydroxyl groups is 1. The van der Waals surface area contributed by atoms with Crippen LogP contribution >= 0.6 is 0 Å². The maximum atomic E-state index is 14.1. The molecule has 0 radical (unpaired) electrons. The minimum absolute atomic E-state index is 0.189. The SMILES string of the molecule is Cc1cc(NC(=O)c2c(N3CCC4(CC3)CC4)cc(S(=O)(=O)CCO)c3c2CCC3)nc(N2CCC(F)(F)CC2)c1. The number of fused-ring (bicyclic) bond motifs is 1. The molecule has 8 nitrogen and oxygen atoms in total. The predicted octanol–water partition coefficient (Wildman–Crippen LogP) is 4.51. The molecule has 3 heterocycles. The number of carbonyl (C=O) groups excluding carboxylic acids is 1. The monoisotopic (exact) mass is 588 g/mol. The third kappa shape index (κ3) is 5.67. The van der Waals surface area contributed by atoms with Gasteiger partial charge in [0.15, 0.2) is 9.84 Å². The van der Waals surface area contributed by atoms with Gasteiger partial charge in [-0.1, -0.05) is 0 Å². The van der Waals surface area contributed by atoms with E-state index in [1.165, 1.54) is 12.8 Å². The molecule has 1 saturated carbocycles. The number of hydrogen-bond acceptors (Lipinski definition) is 7. The number of halogens is 2. The largest absolute Gasteiger partial charge is 0.395 e. The standard InChI is InChI=1S/C30H38F2N4O4S/c1-20-17-25(33-26(18-20)36-13-9-30(31,32)10-14-36)34-28(38)27-22-4-2-3-21(22)24(41(39,40)16-15-37)19-23(27)35-11-7-29(5-6-29)8-12-35/h17-19,37H,2-16H2,1H3,(H,33,34,38). The molecule has 1 aromatic heterocycles. The number of nitrogens with zero attached hydrogens (tertiary/aromatic N) is 3. The number of anilines is 3. The van der Waals surface area contributed by atoms with Gasteiger partial charge < -0.3 is 20.2 Å². The fourth-order valence-electron chi connectivity index (χ4n) is 6.76. The van der Waals surface area contributed by atoms with Gasteiger partial charge in [0.05, 0.1) is 28.5 Å². The fraction of sp³-hybridized carbons (Fsp3) is 0.600. The Morgan fingerprint density at radius 1 is 0.976 bits per heavy atom. The summed E-state index contributed by atoms with van der Waals surface area (Å²) in [5.74, 6) is -2.47. The van der Waals surface area contributed by atoms with Crippen LogP contribution < -0.4 is 15.1 Å². The van der Waals surface area contributed by atoms with Crippen LogP contribution in [0.3, 0.4) is 0 Å². The van der Waals surface area contributed by atoms with E-state index in [1.807, 2.05) is 17.9 Å². The number of carbonyl (C=O) groups is 1. The number of pyridine rings is 1. The Balaban J connectivity index is 1.36. The summed E-state index contributed by atoms with van der Waals surface area (Å²) < 4.78 is 54.0. The number of sulfone groups is 1. The van der Waals surface area contributed by atoms with Gasteiger partial charge in [-0.05, 0) is 92.2 Å². The zero-order chi connectivity index (χ0) is 29.0. The van der Waals surface area contributed by atoms with E-state index >= 15 is 0 Å². The number of alkyl halides is 2. The Kier molecular flexibility index (Phi) is 7.25. The summed E-state index contributed by atoms with van der Waals surface area (Å²) in [5, 5.41) is 12.4. The number of nitrogens with one attached hydrogen (secondary N) is 1. The molecule has 1 spiro atoms. The Labute approximate surface area is 240 Å². The molecule has 2 saturated heterocycles. The van der Waals surface area contributed by atoms with Crippen molar-refractivity contribution in [2.24, 2.45) is 5.41 Å². The molecule has 2 aliphatic carbocycles. The first-order valence-electron chi connectivity index (χ1n) is 14.7. The number of rotatable bonds is 7. The van der Waals surface area contributed by atoms with Crippen LogP contribution in [0.25, 0.3) is 0 Å². The van der Waals surface area contributed by atoms with Gasteiger partial charge in [0.25, 0.3) is 11.8 Å². The van der Waals surface area contributed by atoms with Crippen molar-refractivity contribution < 1.29 is 27.1 Å². The second kappa shape index (κ2) is 10.5. The third-order valence-corrected chi connectivity index (χ3v) is 11.2. The Hall–Kier alpha value is -2.79. The number of benzene rings is 1. The lowest BCUT2D eigenvalue weighted by Gasteiger charge is -2.36. The molecule has 4 aliphatic rings. The number of aryl methyl sites for hydroxylation is 1. The average Bonchev–Trinajstić information content (AvgIpc) is 3.48. The predicted molar refractivity (Wildman–Crippen MR) is 154 cm³/mol. The molecule has 3 fully saturated rings. The van der Waals surface area contributed by atoms with Gasteiger partial charge in [0, 0.05) is 39.0 Å². The lowest BCUT2D eigenvalue weighted by atomic mass is 9.92. The maximum Gasteiger partial charge on any atom is 0.259 e. The number of piperidine rings is 2. The molecule has 2 aromatic rings. The second-order valence-electron chi connectivity index (χ2n) is 12.3. The molecule has 2 N–H and O–H groups in total. The summed E-state index contributed by atoms with van der Waals surface area (Å²) in [6.45, 7) is 3.31. The normalized spacial score (nSPS) is 21.2. The van der Waals surface area contributed by atoms with Crippen molar-refractivity contribution in [3.8, 4) is 0 Å². The second-order valence-corrected chi connectivity index (χ2v) is 14.4. The Bertz CT molecular complexity index is 1460. The molecular formula is C30H38F2N4O4S. The van der Waals surface area contributed by atoms with Crippen LogP contribution in [0.1, 0.15) is 72.0 Å². The summed E-state index contributed by atoms with van der Waals surface area (Å²) >= 11 is 0.